The lowest BCUT2D eigenvalue weighted by atomic mass is 9.97. The Hall–Kier alpha value is -5.16. The molecule has 1 amide bonds. The van der Waals surface area contributed by atoms with E-state index in [4.69, 9.17) is 28.4 Å². The van der Waals surface area contributed by atoms with Crippen molar-refractivity contribution in [2.45, 2.75) is 70.0 Å². The number of Topliss-reactive ketones (excluding diaryl/α,β-unsaturated/α-hetero) is 1. The minimum atomic E-state index is -0.959. The molecule has 0 saturated carbocycles. The molecule has 5 unspecified atom stereocenters. The van der Waals surface area contributed by atoms with Gasteiger partial charge in [0.2, 0.25) is 12.1 Å². The molecular weight excluding hydrogens is 695 g/mol. The molecule has 2 fully saturated rings. The molecule has 0 bridgehead atoms. The van der Waals surface area contributed by atoms with Gasteiger partial charge in [0.15, 0.2) is 0 Å². The summed E-state index contributed by atoms with van der Waals surface area (Å²) in [5.41, 5.74) is 4.31. The van der Waals surface area contributed by atoms with Gasteiger partial charge in [-0.25, -0.2) is 0 Å². The molecule has 0 aromatic heterocycles. The first-order valence-electron chi connectivity index (χ1n) is 18.9. The molecule has 5 aromatic rings. The summed E-state index contributed by atoms with van der Waals surface area (Å²) >= 11 is 0. The molecule has 55 heavy (non-hydrogen) atoms. The van der Waals surface area contributed by atoms with Crippen molar-refractivity contribution in [3.05, 3.63) is 173 Å². The van der Waals surface area contributed by atoms with Crippen LogP contribution in [0.25, 0.3) is 0 Å². The van der Waals surface area contributed by atoms with Crippen LogP contribution in [0.1, 0.15) is 45.5 Å². The number of carbonyl (C=O) groups is 2. The topological polar surface area (TPSA) is 92.8 Å². The zero-order chi connectivity index (χ0) is 37.7. The van der Waals surface area contributed by atoms with E-state index in [1.165, 1.54) is 0 Å². The van der Waals surface area contributed by atoms with Gasteiger partial charge in [0.1, 0.15) is 30.2 Å². The standard InChI is InChI=1S/C46H47NO8/c48-41(45(49)47-27-13-14-28-47)38-23-25-39(26-24-38)54-46-44(53-32-37-21-11-4-12-22-37)43(52-31-36-19-9-3-10-20-36)42(51-30-35-17-7-2-8-18-35)40(55-46)33-50-29-34-15-5-1-6-16-34/h1-12,15-26,40,42-44,46H,13-14,27-33H2. The molecule has 2 aliphatic rings. The summed E-state index contributed by atoms with van der Waals surface area (Å²) in [6, 6.07) is 46.4. The Morgan fingerprint density at radius 3 is 1.51 bits per heavy atom. The molecule has 2 heterocycles. The highest BCUT2D eigenvalue weighted by Gasteiger charge is 2.50. The van der Waals surface area contributed by atoms with Gasteiger partial charge in [0, 0.05) is 18.7 Å². The predicted octanol–water partition coefficient (Wildman–Crippen LogP) is 7.57. The predicted molar refractivity (Wildman–Crippen MR) is 207 cm³/mol. The van der Waals surface area contributed by atoms with Crippen LogP contribution < -0.4 is 4.74 Å². The van der Waals surface area contributed by atoms with Gasteiger partial charge in [-0.05, 0) is 59.4 Å². The van der Waals surface area contributed by atoms with Crippen LogP contribution in [0.15, 0.2) is 146 Å². The maximum absolute atomic E-state index is 13.1. The van der Waals surface area contributed by atoms with Crippen LogP contribution in [0.2, 0.25) is 0 Å². The number of amides is 1. The number of benzene rings is 5. The summed E-state index contributed by atoms with van der Waals surface area (Å²) < 4.78 is 39.9. The minimum Gasteiger partial charge on any atom is -0.462 e. The van der Waals surface area contributed by atoms with Gasteiger partial charge in [-0.15, -0.1) is 0 Å². The van der Waals surface area contributed by atoms with Gasteiger partial charge in [-0.2, -0.15) is 0 Å². The molecule has 284 valence electrons. The molecule has 2 saturated heterocycles. The quantitative estimate of drug-likeness (QED) is 0.0713. The molecule has 7 rings (SSSR count). The van der Waals surface area contributed by atoms with E-state index in [1.54, 1.807) is 29.2 Å². The van der Waals surface area contributed by atoms with Crippen molar-refractivity contribution in [2.24, 2.45) is 0 Å². The van der Waals surface area contributed by atoms with Crippen molar-refractivity contribution in [1.82, 2.24) is 4.90 Å². The fraction of sp³-hybridized carbons (Fsp3) is 0.304. The number of likely N-dealkylation sites (tertiary alicyclic amines) is 1. The van der Waals surface area contributed by atoms with Gasteiger partial charge < -0.3 is 33.3 Å². The zero-order valence-electron chi connectivity index (χ0n) is 30.8. The average Bonchev–Trinajstić information content (AvgIpc) is 3.79. The summed E-state index contributed by atoms with van der Waals surface area (Å²) in [6.45, 7) is 2.67. The molecule has 5 atom stereocenters. The van der Waals surface area contributed by atoms with Crippen LogP contribution >= 0.6 is 0 Å². The third-order valence-corrected chi connectivity index (χ3v) is 9.80. The van der Waals surface area contributed by atoms with E-state index in [2.05, 4.69) is 0 Å². The lowest BCUT2D eigenvalue weighted by Gasteiger charge is -2.45. The number of ketones is 1. The lowest BCUT2D eigenvalue weighted by Crippen LogP contribution is -2.62. The van der Waals surface area contributed by atoms with Crippen LogP contribution in [-0.2, 0) is 54.9 Å². The maximum atomic E-state index is 13.1. The third-order valence-electron chi connectivity index (χ3n) is 9.80. The monoisotopic (exact) mass is 741 g/mol. The highest BCUT2D eigenvalue weighted by atomic mass is 16.7. The van der Waals surface area contributed by atoms with Crippen molar-refractivity contribution in [3.63, 3.8) is 0 Å². The van der Waals surface area contributed by atoms with E-state index < -0.39 is 42.4 Å². The van der Waals surface area contributed by atoms with Crippen molar-refractivity contribution in [1.29, 1.82) is 0 Å². The smallest absolute Gasteiger partial charge is 0.294 e. The number of nitrogens with zero attached hydrogens (tertiary/aromatic N) is 1. The Bertz CT molecular complexity index is 1900. The number of ether oxygens (including phenoxy) is 6. The maximum Gasteiger partial charge on any atom is 0.294 e. The summed E-state index contributed by atoms with van der Waals surface area (Å²) in [7, 11) is 0. The number of hydrogen-bond donors (Lipinski definition) is 0. The Morgan fingerprint density at radius 2 is 1.00 bits per heavy atom. The summed E-state index contributed by atoms with van der Waals surface area (Å²) in [6.07, 6.45) is -1.78. The van der Waals surface area contributed by atoms with Gasteiger partial charge in [0.05, 0.1) is 33.0 Å². The molecule has 0 N–H and O–H groups in total. The van der Waals surface area contributed by atoms with Crippen LogP contribution in [0, 0.1) is 0 Å². The Kier molecular flexibility index (Phi) is 13.5. The number of carbonyl (C=O) groups excluding carboxylic acids is 2. The fourth-order valence-corrected chi connectivity index (χ4v) is 6.85. The SMILES string of the molecule is O=C(C(=O)N1CCCC1)c1ccc(OC2OC(COCc3ccccc3)C(OCc3ccccc3)C(OCc3ccccc3)C2OCc2ccccc2)cc1. The molecular formula is C46H47NO8. The first kappa shape index (κ1) is 38.1. The number of hydrogen-bond acceptors (Lipinski definition) is 8. The highest BCUT2D eigenvalue weighted by molar-refractivity contribution is 6.42. The van der Waals surface area contributed by atoms with Crippen molar-refractivity contribution >= 4 is 11.7 Å². The van der Waals surface area contributed by atoms with Crippen LogP contribution in [0.5, 0.6) is 5.75 Å². The van der Waals surface area contributed by atoms with Crippen molar-refractivity contribution in [3.8, 4) is 5.75 Å². The van der Waals surface area contributed by atoms with Crippen LogP contribution in [0.4, 0.5) is 0 Å². The molecule has 9 heteroatoms. The molecule has 0 spiro atoms. The minimum absolute atomic E-state index is 0.191. The van der Waals surface area contributed by atoms with E-state index in [0.29, 0.717) is 44.2 Å². The average molecular weight is 742 g/mol. The largest absolute Gasteiger partial charge is 0.462 e. The van der Waals surface area contributed by atoms with Gasteiger partial charge in [-0.1, -0.05) is 121 Å². The van der Waals surface area contributed by atoms with Crippen LogP contribution in [-0.4, -0.2) is 67.0 Å². The second-order valence-electron chi connectivity index (χ2n) is 13.8. The van der Waals surface area contributed by atoms with E-state index in [-0.39, 0.29) is 13.2 Å². The van der Waals surface area contributed by atoms with Crippen molar-refractivity contribution in [2.75, 3.05) is 19.7 Å². The molecule has 0 radical (unpaired) electrons. The van der Waals surface area contributed by atoms with E-state index in [9.17, 15) is 9.59 Å². The normalized spacial score (nSPS) is 20.9. The number of rotatable bonds is 17. The third kappa shape index (κ3) is 10.5. The summed E-state index contributed by atoms with van der Waals surface area (Å²) in [5, 5.41) is 0. The Morgan fingerprint density at radius 1 is 0.545 bits per heavy atom. The Balaban J connectivity index is 1.18. The highest BCUT2D eigenvalue weighted by Crippen LogP contribution is 2.33. The lowest BCUT2D eigenvalue weighted by molar-refractivity contribution is -0.310. The molecule has 9 nitrogen and oxygen atoms in total. The molecule has 5 aromatic carbocycles. The fourth-order valence-electron chi connectivity index (χ4n) is 6.85. The first-order chi connectivity index (χ1) is 27.1. The first-order valence-corrected chi connectivity index (χ1v) is 18.9. The second-order valence-corrected chi connectivity index (χ2v) is 13.8. The van der Waals surface area contributed by atoms with Crippen molar-refractivity contribution < 1.29 is 38.0 Å². The van der Waals surface area contributed by atoms with E-state index in [1.807, 2.05) is 121 Å². The van der Waals surface area contributed by atoms with Gasteiger partial charge in [0.25, 0.3) is 5.91 Å². The second kappa shape index (κ2) is 19.4. The van der Waals surface area contributed by atoms with Gasteiger partial charge >= 0.3 is 0 Å². The van der Waals surface area contributed by atoms with E-state index in [0.717, 1.165) is 35.1 Å². The van der Waals surface area contributed by atoms with E-state index >= 15 is 0 Å². The summed E-state index contributed by atoms with van der Waals surface area (Å²) in [5.74, 6) is -0.567. The molecule has 2 aliphatic heterocycles. The zero-order valence-corrected chi connectivity index (χ0v) is 30.8. The van der Waals surface area contributed by atoms with Crippen LogP contribution in [0.3, 0.4) is 0 Å². The Labute approximate surface area is 322 Å². The van der Waals surface area contributed by atoms with Gasteiger partial charge in [-0.3, -0.25) is 9.59 Å². The molecule has 0 aliphatic carbocycles. The summed E-state index contributed by atoms with van der Waals surface area (Å²) in [4.78, 5) is 27.5.